The second-order valence-electron chi connectivity index (χ2n) is 7.09. The van der Waals surface area contributed by atoms with Crippen LogP contribution in [0.1, 0.15) is 25.0 Å². The number of hydrogen-bond acceptors (Lipinski definition) is 5. The standard InChI is InChI=1S/C22H20BrClN2O5/c1-11(2)31-19-17(24)9-13(10-18(19)30-4)8-15-20(27)25-22(29)26(21(15)28)14-5-6-16(23)12(3)7-14/h5-11H,1-4H3,(H,25,27,29)/b15-8-. The molecule has 0 unspecified atom stereocenters. The maximum absolute atomic E-state index is 13.1. The number of carbonyl (C=O) groups is 3. The van der Waals surface area contributed by atoms with Crippen molar-refractivity contribution in [1.82, 2.24) is 5.32 Å². The molecule has 9 heteroatoms. The fraction of sp³-hybridized carbons (Fsp3) is 0.227. The monoisotopic (exact) mass is 506 g/mol. The highest BCUT2D eigenvalue weighted by Gasteiger charge is 2.37. The molecule has 2 aromatic carbocycles. The summed E-state index contributed by atoms with van der Waals surface area (Å²) < 4.78 is 11.9. The number of urea groups is 1. The van der Waals surface area contributed by atoms with Gasteiger partial charge in [0.05, 0.1) is 23.9 Å². The summed E-state index contributed by atoms with van der Waals surface area (Å²) in [4.78, 5) is 38.8. The first-order valence-electron chi connectivity index (χ1n) is 9.34. The first kappa shape index (κ1) is 22.8. The van der Waals surface area contributed by atoms with Gasteiger partial charge in [-0.05, 0) is 68.3 Å². The molecule has 2 aromatic rings. The summed E-state index contributed by atoms with van der Waals surface area (Å²) in [7, 11) is 1.46. The Morgan fingerprint density at radius 1 is 1.16 bits per heavy atom. The smallest absolute Gasteiger partial charge is 0.335 e. The summed E-state index contributed by atoms with van der Waals surface area (Å²) in [6.07, 6.45) is 1.23. The molecular weight excluding hydrogens is 488 g/mol. The third-order valence-electron chi connectivity index (χ3n) is 4.42. The number of rotatable bonds is 5. The van der Waals surface area contributed by atoms with E-state index >= 15 is 0 Å². The van der Waals surface area contributed by atoms with Gasteiger partial charge in [-0.15, -0.1) is 0 Å². The van der Waals surface area contributed by atoms with E-state index in [1.54, 1.807) is 30.3 Å². The Morgan fingerprint density at radius 2 is 1.87 bits per heavy atom. The van der Waals surface area contributed by atoms with E-state index in [0.29, 0.717) is 22.7 Å². The Kier molecular flexibility index (Phi) is 6.71. The van der Waals surface area contributed by atoms with Crippen LogP contribution >= 0.6 is 27.5 Å². The molecule has 1 aliphatic rings. The van der Waals surface area contributed by atoms with Crippen LogP contribution in [0.25, 0.3) is 6.08 Å². The minimum atomic E-state index is -0.815. The molecule has 7 nitrogen and oxygen atoms in total. The summed E-state index contributed by atoms with van der Waals surface area (Å²) >= 11 is 9.73. The summed E-state index contributed by atoms with van der Waals surface area (Å²) in [5.41, 5.74) is 1.41. The zero-order valence-corrected chi connectivity index (χ0v) is 19.6. The second-order valence-corrected chi connectivity index (χ2v) is 8.35. The quantitative estimate of drug-likeness (QED) is 0.461. The summed E-state index contributed by atoms with van der Waals surface area (Å²) in [5, 5.41) is 2.47. The molecule has 0 aromatic heterocycles. The third kappa shape index (κ3) is 4.75. The van der Waals surface area contributed by atoms with Gasteiger partial charge in [0.15, 0.2) is 11.5 Å². The topological polar surface area (TPSA) is 84.9 Å². The zero-order valence-electron chi connectivity index (χ0n) is 17.3. The van der Waals surface area contributed by atoms with Gasteiger partial charge in [-0.3, -0.25) is 14.9 Å². The van der Waals surface area contributed by atoms with Crippen molar-refractivity contribution in [2.24, 2.45) is 0 Å². The number of methoxy groups -OCH3 is 1. The average molecular weight is 508 g/mol. The molecular formula is C22H20BrClN2O5. The van der Waals surface area contributed by atoms with Gasteiger partial charge in [0, 0.05) is 4.47 Å². The molecule has 162 valence electrons. The lowest BCUT2D eigenvalue weighted by Gasteiger charge is -2.26. The second kappa shape index (κ2) is 9.11. The SMILES string of the molecule is COc1cc(/C=C2/C(=O)NC(=O)N(c3ccc(Br)c(C)c3)C2=O)cc(Cl)c1OC(C)C. The average Bonchev–Trinajstić information content (AvgIpc) is 2.69. The number of nitrogens with one attached hydrogen (secondary N) is 1. The van der Waals surface area contributed by atoms with Gasteiger partial charge in [0.2, 0.25) is 0 Å². The van der Waals surface area contributed by atoms with Crippen LogP contribution in [0.5, 0.6) is 11.5 Å². The fourth-order valence-electron chi connectivity index (χ4n) is 3.00. The largest absolute Gasteiger partial charge is 0.493 e. The number of halogens is 2. The lowest BCUT2D eigenvalue weighted by atomic mass is 10.1. The Balaban J connectivity index is 2.03. The van der Waals surface area contributed by atoms with E-state index in [9.17, 15) is 14.4 Å². The highest BCUT2D eigenvalue weighted by atomic mass is 79.9. The van der Waals surface area contributed by atoms with Crippen molar-refractivity contribution in [2.75, 3.05) is 12.0 Å². The number of ether oxygens (including phenoxy) is 2. The molecule has 1 aliphatic heterocycles. The van der Waals surface area contributed by atoms with Crippen molar-refractivity contribution < 1.29 is 23.9 Å². The van der Waals surface area contributed by atoms with E-state index in [-0.39, 0.29) is 16.7 Å². The van der Waals surface area contributed by atoms with Crippen LogP contribution in [0.4, 0.5) is 10.5 Å². The number of nitrogens with zero attached hydrogens (tertiary/aromatic N) is 1. The van der Waals surface area contributed by atoms with Crippen LogP contribution in [-0.4, -0.2) is 31.1 Å². The lowest BCUT2D eigenvalue weighted by molar-refractivity contribution is -0.122. The van der Waals surface area contributed by atoms with Crippen LogP contribution in [0.2, 0.25) is 5.02 Å². The Bertz CT molecular complexity index is 1110. The van der Waals surface area contributed by atoms with Gasteiger partial charge in [-0.2, -0.15) is 0 Å². The summed E-state index contributed by atoms with van der Waals surface area (Å²) in [6.45, 7) is 5.54. The minimum absolute atomic E-state index is 0.129. The van der Waals surface area contributed by atoms with Crippen LogP contribution in [0.15, 0.2) is 40.4 Å². The number of benzene rings is 2. The number of imide groups is 2. The number of aryl methyl sites for hydroxylation is 1. The van der Waals surface area contributed by atoms with Gasteiger partial charge in [0.1, 0.15) is 5.57 Å². The number of barbiturate groups is 1. The van der Waals surface area contributed by atoms with E-state index in [1.807, 2.05) is 20.8 Å². The zero-order chi connectivity index (χ0) is 22.9. The van der Waals surface area contributed by atoms with E-state index in [1.165, 1.54) is 13.2 Å². The van der Waals surface area contributed by atoms with Gasteiger partial charge in [-0.25, -0.2) is 9.69 Å². The Hall–Kier alpha value is -2.84. The molecule has 4 amide bonds. The summed E-state index contributed by atoms with van der Waals surface area (Å²) in [6, 6.07) is 7.35. The van der Waals surface area contributed by atoms with E-state index in [0.717, 1.165) is 14.9 Å². The summed E-state index contributed by atoms with van der Waals surface area (Å²) in [5.74, 6) is -0.818. The normalized spacial score (nSPS) is 15.5. The highest BCUT2D eigenvalue weighted by molar-refractivity contribution is 9.10. The Labute approximate surface area is 193 Å². The third-order valence-corrected chi connectivity index (χ3v) is 5.59. The molecule has 3 rings (SSSR count). The molecule has 0 saturated carbocycles. The number of amides is 4. The molecule has 0 bridgehead atoms. The van der Waals surface area contributed by atoms with Crippen molar-refractivity contribution in [3.63, 3.8) is 0 Å². The van der Waals surface area contributed by atoms with Gasteiger partial charge < -0.3 is 9.47 Å². The maximum atomic E-state index is 13.1. The van der Waals surface area contributed by atoms with Crippen molar-refractivity contribution in [3.8, 4) is 11.5 Å². The van der Waals surface area contributed by atoms with Crippen molar-refractivity contribution in [2.45, 2.75) is 26.9 Å². The molecule has 0 spiro atoms. The van der Waals surface area contributed by atoms with E-state index < -0.39 is 17.8 Å². The van der Waals surface area contributed by atoms with Crippen LogP contribution in [-0.2, 0) is 9.59 Å². The van der Waals surface area contributed by atoms with Gasteiger partial charge >= 0.3 is 6.03 Å². The van der Waals surface area contributed by atoms with Crippen molar-refractivity contribution in [1.29, 1.82) is 0 Å². The predicted molar refractivity (Wildman–Crippen MR) is 122 cm³/mol. The van der Waals surface area contributed by atoms with E-state index in [2.05, 4.69) is 21.2 Å². The molecule has 0 aliphatic carbocycles. The first-order valence-corrected chi connectivity index (χ1v) is 10.5. The molecule has 31 heavy (non-hydrogen) atoms. The molecule has 1 N–H and O–H groups in total. The molecule has 0 atom stereocenters. The highest BCUT2D eigenvalue weighted by Crippen LogP contribution is 2.38. The first-order chi connectivity index (χ1) is 14.6. The van der Waals surface area contributed by atoms with E-state index in [4.69, 9.17) is 21.1 Å². The fourth-order valence-corrected chi connectivity index (χ4v) is 3.51. The van der Waals surface area contributed by atoms with Crippen molar-refractivity contribution >= 4 is 57.1 Å². The predicted octanol–water partition coefficient (Wildman–Crippen LogP) is 4.87. The number of hydrogen-bond donors (Lipinski definition) is 1. The number of anilines is 1. The molecule has 1 heterocycles. The molecule has 1 saturated heterocycles. The Morgan fingerprint density at radius 3 is 2.48 bits per heavy atom. The maximum Gasteiger partial charge on any atom is 0.335 e. The van der Waals surface area contributed by atoms with Crippen LogP contribution < -0.4 is 19.7 Å². The minimum Gasteiger partial charge on any atom is -0.493 e. The molecule has 0 radical (unpaired) electrons. The van der Waals surface area contributed by atoms with Gasteiger partial charge in [0.25, 0.3) is 11.8 Å². The van der Waals surface area contributed by atoms with Crippen molar-refractivity contribution in [3.05, 3.63) is 56.5 Å². The lowest BCUT2D eigenvalue weighted by Crippen LogP contribution is -2.54. The van der Waals surface area contributed by atoms with Gasteiger partial charge in [-0.1, -0.05) is 27.5 Å². The number of carbonyl (C=O) groups excluding carboxylic acids is 3. The van der Waals surface area contributed by atoms with Crippen LogP contribution in [0.3, 0.4) is 0 Å². The van der Waals surface area contributed by atoms with Crippen LogP contribution in [0, 0.1) is 6.92 Å². The molecule has 1 fully saturated rings.